The van der Waals surface area contributed by atoms with Gasteiger partial charge in [-0.1, -0.05) is 254 Å². The molecule has 0 N–H and O–H groups in total. The number of para-hydroxylation sites is 2. The molecular weight excluding hydrogens is 1000 g/mol. The van der Waals surface area contributed by atoms with Gasteiger partial charge >= 0.3 is 0 Å². The summed E-state index contributed by atoms with van der Waals surface area (Å²) in [4.78, 5) is 10.3. The zero-order chi connectivity index (χ0) is 58.3. The van der Waals surface area contributed by atoms with Crippen molar-refractivity contribution in [3.63, 3.8) is 0 Å². The van der Waals surface area contributed by atoms with Crippen molar-refractivity contribution in [2.75, 3.05) is 16.5 Å². The first-order chi connectivity index (χ1) is 39.5. The van der Waals surface area contributed by atoms with Gasteiger partial charge in [-0.2, -0.15) is 0 Å². The molecule has 83 heavy (non-hydrogen) atoms. The van der Waals surface area contributed by atoms with Crippen LogP contribution in [0, 0.1) is 0 Å². The summed E-state index contributed by atoms with van der Waals surface area (Å²) in [6.45, 7) is 30.8. The smallest absolute Gasteiger partial charge is 0.137 e. The minimum atomic E-state index is -0.757. The molecule has 0 unspecified atom stereocenters. The molecule has 0 fully saturated rings. The second-order valence-electron chi connectivity index (χ2n) is 27.4. The summed E-state index contributed by atoms with van der Waals surface area (Å²) >= 11 is 0. The summed E-state index contributed by atoms with van der Waals surface area (Å²) in [6, 6.07) is 87.0. The number of hydrogen-bond acceptors (Lipinski definition) is 3. The average Bonchev–Trinajstić information content (AvgIpc) is 2.50. The van der Waals surface area contributed by atoms with E-state index in [-0.39, 0.29) is 27.1 Å². The molecule has 3 heterocycles. The maximum absolute atomic E-state index is 5.31. The van der Waals surface area contributed by atoms with Crippen molar-refractivity contribution in [1.82, 2.24) is 9.55 Å². The van der Waals surface area contributed by atoms with E-state index in [0.29, 0.717) is 6.67 Å². The van der Waals surface area contributed by atoms with Crippen LogP contribution < -0.4 is 9.80 Å². The number of anilines is 4. The van der Waals surface area contributed by atoms with E-state index < -0.39 is 5.41 Å². The molecule has 4 heteroatoms. The SMILES string of the molecule is CC(C)(C)c1ccc(C(C)(C)c2ccnc(-n3c4ccc(C(C)(C)c5ccccc5)cc4c4ccc(C(c5ccccc5)(c5ccccc5)c5cccc(N6CN(c7cc(C(C)(C)C)cc(C(C)(C)C)c7)c7ccccc76)c5)cc43)c2)cc1. The number of nitrogens with zero attached hydrogens (tertiary/aromatic N) is 4. The summed E-state index contributed by atoms with van der Waals surface area (Å²) in [6.07, 6.45) is 2.01. The van der Waals surface area contributed by atoms with Gasteiger partial charge in [-0.05, 0) is 144 Å². The van der Waals surface area contributed by atoms with E-state index in [1.165, 1.54) is 89.0 Å². The van der Waals surface area contributed by atoms with E-state index in [2.05, 4.69) is 335 Å². The summed E-state index contributed by atoms with van der Waals surface area (Å²) in [7, 11) is 0. The maximum Gasteiger partial charge on any atom is 0.137 e. The quantitative estimate of drug-likeness (QED) is 0.121. The van der Waals surface area contributed by atoms with E-state index in [4.69, 9.17) is 4.98 Å². The van der Waals surface area contributed by atoms with Crippen molar-refractivity contribution < 1.29 is 0 Å². The van der Waals surface area contributed by atoms with E-state index >= 15 is 0 Å². The molecule has 0 aliphatic carbocycles. The van der Waals surface area contributed by atoms with Crippen LogP contribution in [-0.4, -0.2) is 16.2 Å². The van der Waals surface area contributed by atoms with Crippen LogP contribution in [0.3, 0.4) is 0 Å². The van der Waals surface area contributed by atoms with Gasteiger partial charge in [0.2, 0.25) is 0 Å². The third-order valence-electron chi connectivity index (χ3n) is 18.3. The minimum absolute atomic E-state index is 0.0160. The Morgan fingerprint density at radius 1 is 0.301 bits per heavy atom. The van der Waals surface area contributed by atoms with Gasteiger partial charge in [-0.25, -0.2) is 4.98 Å². The lowest BCUT2D eigenvalue weighted by Crippen LogP contribution is -2.31. The highest BCUT2D eigenvalue weighted by atomic mass is 15.4. The Morgan fingerprint density at radius 2 is 0.747 bits per heavy atom. The van der Waals surface area contributed by atoms with Gasteiger partial charge in [0, 0.05) is 39.2 Å². The molecular formula is C79H80N4. The Kier molecular flexibility index (Phi) is 13.6. The van der Waals surface area contributed by atoms with Gasteiger partial charge in [0.1, 0.15) is 12.5 Å². The van der Waals surface area contributed by atoms with Crippen LogP contribution in [0.25, 0.3) is 27.6 Å². The molecule has 11 aromatic rings. The monoisotopic (exact) mass is 1080 g/mol. The van der Waals surface area contributed by atoms with Crippen molar-refractivity contribution in [1.29, 1.82) is 0 Å². The van der Waals surface area contributed by atoms with Crippen molar-refractivity contribution in [3.8, 4) is 5.82 Å². The van der Waals surface area contributed by atoms with Crippen LogP contribution in [0.15, 0.2) is 237 Å². The van der Waals surface area contributed by atoms with Crippen molar-refractivity contribution in [2.45, 2.75) is 122 Å². The third kappa shape index (κ3) is 9.74. The van der Waals surface area contributed by atoms with Crippen LogP contribution in [0.5, 0.6) is 0 Å². The van der Waals surface area contributed by atoms with Gasteiger partial charge in [0.15, 0.2) is 0 Å². The van der Waals surface area contributed by atoms with Crippen LogP contribution >= 0.6 is 0 Å². The van der Waals surface area contributed by atoms with Gasteiger partial charge in [0.25, 0.3) is 0 Å². The second-order valence-corrected chi connectivity index (χ2v) is 27.4. The molecule has 0 spiro atoms. The van der Waals surface area contributed by atoms with E-state index in [9.17, 15) is 0 Å². The van der Waals surface area contributed by atoms with Crippen LogP contribution in [0.2, 0.25) is 0 Å². The number of aromatic nitrogens is 2. The first-order valence-electron chi connectivity index (χ1n) is 29.8. The average molecular weight is 1090 g/mol. The Morgan fingerprint density at radius 3 is 1.31 bits per heavy atom. The molecule has 0 bridgehead atoms. The highest BCUT2D eigenvalue weighted by Crippen LogP contribution is 2.51. The van der Waals surface area contributed by atoms with Gasteiger partial charge in [0.05, 0.1) is 27.8 Å². The minimum Gasteiger partial charge on any atom is -0.321 e. The molecule has 12 rings (SSSR count). The standard InChI is InChI=1S/C79H80N4/c1-74(2,3)54-36-38-56(39-37-54)78(12,13)60-44-45-80-73(52-60)83-69-43-41-59(77(10,11)55-26-17-14-18-27-55)50-68(69)67-42-40-62(51-72(67)83)79(57-28-19-15-20-29-57,58-30-21-16-22-31-58)61-32-25-33-65(47-61)81-53-82(71-35-24-23-34-70(71)81)66-48-63(75(4,5)6)46-64(49-66)76(7,8)9/h14-52H,53H2,1-13H3. The molecule has 0 saturated carbocycles. The third-order valence-corrected chi connectivity index (χ3v) is 18.3. The number of pyridine rings is 1. The maximum atomic E-state index is 5.31. The molecule has 0 saturated heterocycles. The zero-order valence-corrected chi connectivity index (χ0v) is 51.0. The summed E-state index contributed by atoms with van der Waals surface area (Å²) in [5.74, 6) is 0.890. The Bertz CT molecular complexity index is 4090. The highest BCUT2D eigenvalue weighted by molar-refractivity contribution is 6.10. The number of benzene rings is 9. The molecule has 4 nitrogen and oxygen atoms in total. The first-order valence-corrected chi connectivity index (χ1v) is 29.8. The lowest BCUT2D eigenvalue weighted by molar-refractivity contribution is 0.568. The van der Waals surface area contributed by atoms with E-state index in [1.54, 1.807) is 0 Å². The molecule has 1 aliphatic heterocycles. The topological polar surface area (TPSA) is 24.3 Å². The molecule has 2 aromatic heterocycles. The summed E-state index contributed by atoms with van der Waals surface area (Å²) in [5.41, 5.74) is 19.5. The van der Waals surface area contributed by atoms with Crippen molar-refractivity contribution in [3.05, 3.63) is 298 Å². The predicted molar refractivity (Wildman–Crippen MR) is 352 cm³/mol. The molecule has 0 atom stereocenters. The zero-order valence-electron chi connectivity index (χ0n) is 51.0. The van der Waals surface area contributed by atoms with E-state index in [1.807, 2.05) is 6.20 Å². The summed E-state index contributed by atoms with van der Waals surface area (Å²) < 4.78 is 2.43. The number of rotatable bonds is 11. The molecule has 0 radical (unpaired) electrons. The largest absolute Gasteiger partial charge is 0.321 e. The highest BCUT2D eigenvalue weighted by Gasteiger charge is 2.40. The Labute approximate surface area is 494 Å². The molecule has 9 aromatic carbocycles. The normalized spacial score (nSPS) is 13.5. The number of hydrogen-bond donors (Lipinski definition) is 0. The Hall–Kier alpha value is -8.47. The van der Waals surface area contributed by atoms with Crippen LogP contribution in [-0.2, 0) is 32.5 Å². The van der Waals surface area contributed by atoms with Crippen LogP contribution in [0.1, 0.15) is 151 Å². The molecule has 1 aliphatic rings. The predicted octanol–water partition coefficient (Wildman–Crippen LogP) is 20.4. The Balaban J connectivity index is 1.07. The van der Waals surface area contributed by atoms with Crippen molar-refractivity contribution >= 4 is 44.6 Å². The number of fused-ring (bicyclic) bond motifs is 4. The fourth-order valence-electron chi connectivity index (χ4n) is 13.0. The van der Waals surface area contributed by atoms with Crippen LogP contribution in [0.4, 0.5) is 22.7 Å². The fourth-order valence-corrected chi connectivity index (χ4v) is 13.0. The molecule has 0 amide bonds. The van der Waals surface area contributed by atoms with Gasteiger partial charge < -0.3 is 9.80 Å². The lowest BCUT2D eigenvalue weighted by Gasteiger charge is -2.37. The van der Waals surface area contributed by atoms with E-state index in [0.717, 1.165) is 22.5 Å². The fraction of sp³-hybridized carbons (Fsp3) is 0.253. The van der Waals surface area contributed by atoms with Gasteiger partial charge in [-0.15, -0.1) is 0 Å². The second kappa shape index (κ2) is 20.5. The first kappa shape index (κ1) is 55.1. The van der Waals surface area contributed by atoms with Gasteiger partial charge in [-0.3, -0.25) is 4.57 Å². The lowest BCUT2D eigenvalue weighted by atomic mass is 9.65. The summed E-state index contributed by atoms with van der Waals surface area (Å²) in [5, 5.41) is 2.38. The molecule has 416 valence electrons. The van der Waals surface area contributed by atoms with Crippen molar-refractivity contribution in [2.24, 2.45) is 0 Å².